The lowest BCUT2D eigenvalue weighted by Crippen LogP contribution is -2.17. The number of nitrogens with zero attached hydrogens (tertiary/aromatic N) is 6. The van der Waals surface area contributed by atoms with Gasteiger partial charge in [0.05, 0.1) is 71.6 Å². The van der Waals surface area contributed by atoms with Crippen molar-refractivity contribution < 1.29 is 0 Å². The van der Waals surface area contributed by atoms with E-state index in [4.69, 9.17) is 0 Å². The Bertz CT molecular complexity index is 4990. The molecular formula is C70H50N6S. The molecule has 5 aromatic heterocycles. The molecule has 0 fully saturated rings. The fourth-order valence-corrected chi connectivity index (χ4v) is 14.2. The molecule has 7 heteroatoms. The van der Waals surface area contributed by atoms with Gasteiger partial charge in [0.1, 0.15) is 23.3 Å². The predicted octanol–water partition coefficient (Wildman–Crippen LogP) is 18.8. The minimum absolute atomic E-state index is 0.162. The average molecular weight is 1010 g/mol. The molecule has 0 aliphatic rings. The summed E-state index contributed by atoms with van der Waals surface area (Å²) in [5.41, 5.74) is 13.1. The van der Waals surface area contributed by atoms with Crippen molar-refractivity contribution in [3.8, 4) is 34.9 Å². The largest absolute Gasteiger partial charge is 0.306 e. The van der Waals surface area contributed by atoms with Gasteiger partial charge >= 0.3 is 0 Å². The van der Waals surface area contributed by atoms with Gasteiger partial charge in [0.15, 0.2) is 0 Å². The number of aromatic nitrogens is 4. The molecule has 5 heterocycles. The van der Waals surface area contributed by atoms with E-state index < -0.39 is 0 Å². The second-order valence-electron chi connectivity index (χ2n) is 22.7. The van der Waals surface area contributed by atoms with Crippen LogP contribution in [0.1, 0.15) is 63.8 Å². The first-order chi connectivity index (χ1) is 37.5. The molecule has 15 aromatic rings. The van der Waals surface area contributed by atoms with Gasteiger partial charge in [-0.3, -0.25) is 0 Å². The van der Waals surface area contributed by atoms with Gasteiger partial charge in [0.2, 0.25) is 0 Å². The van der Waals surface area contributed by atoms with E-state index in [1.54, 1.807) is 0 Å². The molecule has 0 aliphatic carbocycles. The molecule has 10 aromatic carbocycles. The Morgan fingerprint density at radius 2 is 0.701 bits per heavy atom. The Hall–Kier alpha value is -9.40. The van der Waals surface area contributed by atoms with Gasteiger partial charge in [-0.25, -0.2) is 0 Å². The van der Waals surface area contributed by atoms with Gasteiger partial charge in [-0.1, -0.05) is 175 Å². The molecule has 0 atom stereocenters. The second-order valence-corrected chi connectivity index (χ2v) is 23.7. The highest BCUT2D eigenvalue weighted by atomic mass is 32.1. The van der Waals surface area contributed by atoms with Crippen LogP contribution in [0.4, 0.5) is 0 Å². The first-order valence-electron chi connectivity index (χ1n) is 26.4. The molecule has 0 unspecified atom stereocenters. The van der Waals surface area contributed by atoms with Gasteiger partial charge in [-0.05, 0) is 82.6 Å². The molecule has 0 spiro atoms. The van der Waals surface area contributed by atoms with E-state index in [0.29, 0.717) is 33.9 Å². The van der Waals surface area contributed by atoms with Crippen molar-refractivity contribution in [3.63, 3.8) is 0 Å². The van der Waals surface area contributed by atoms with E-state index >= 15 is 0 Å². The standard InChI is InChI=1S/C70H50N6S/c1-69(2,3)41-35-36-60-49(37-41)50-38-53(70(4,5)6)62-48-27-13-20-34-61(48)77-68(62)67(50)76(60)66-52(40-72)64(74-56-30-16-9-23-44(56)45-24-10-17-31-57(45)74)63(73-54-28-14-7-21-42(54)43-22-8-15-29-55(43)73)51(39-71)65(66)75-58-32-18-11-25-46(58)47-26-12-19-33-59(47)75/h7-38H,1-6H3. The topological polar surface area (TPSA) is 67.3 Å². The molecule has 0 aliphatic heterocycles. The van der Waals surface area contributed by atoms with Crippen LogP contribution >= 0.6 is 11.3 Å². The highest BCUT2D eigenvalue weighted by Gasteiger charge is 2.36. The summed E-state index contributed by atoms with van der Waals surface area (Å²) < 4.78 is 11.6. The smallest absolute Gasteiger partial charge is 0.104 e. The summed E-state index contributed by atoms with van der Waals surface area (Å²) >= 11 is 1.81. The maximum Gasteiger partial charge on any atom is 0.104 e. The minimum Gasteiger partial charge on any atom is -0.306 e. The van der Waals surface area contributed by atoms with E-state index in [9.17, 15) is 10.5 Å². The van der Waals surface area contributed by atoms with Crippen LogP contribution in [-0.4, -0.2) is 18.3 Å². The van der Waals surface area contributed by atoms with Gasteiger partial charge in [0, 0.05) is 58.6 Å². The summed E-state index contributed by atoms with van der Waals surface area (Å²) in [7, 11) is 0. The monoisotopic (exact) mass is 1010 g/mol. The van der Waals surface area contributed by atoms with E-state index in [1.807, 2.05) is 11.3 Å². The fourth-order valence-electron chi connectivity index (χ4n) is 12.9. The summed E-state index contributed by atoms with van der Waals surface area (Å²) in [4.78, 5) is 0. The number of benzene rings is 10. The predicted molar refractivity (Wildman–Crippen MR) is 324 cm³/mol. The number of nitriles is 2. The highest BCUT2D eigenvalue weighted by molar-refractivity contribution is 7.26. The molecule has 0 saturated carbocycles. The number of hydrogen-bond acceptors (Lipinski definition) is 3. The van der Waals surface area contributed by atoms with Crippen LogP contribution in [0, 0.1) is 22.7 Å². The average Bonchev–Trinajstić information content (AvgIpc) is 4.39. The first kappa shape index (κ1) is 45.0. The SMILES string of the molecule is CC(C)(C)c1ccc2c(c1)c1cc(C(C)(C)C)c3c4ccccc4sc3c1n2-c1c(C#N)c(-n2c3ccccc3c3ccccc32)c(-n2c3ccccc3c3ccccc32)c(C#N)c1-n1c2ccccc2c2ccccc21. The third kappa shape index (κ3) is 6.15. The zero-order valence-corrected chi connectivity index (χ0v) is 44.4. The Morgan fingerprint density at radius 3 is 1.08 bits per heavy atom. The van der Waals surface area contributed by atoms with Crippen molar-refractivity contribution in [1.82, 2.24) is 18.3 Å². The molecule has 366 valence electrons. The molecule has 0 saturated heterocycles. The number of thiophene rings is 1. The van der Waals surface area contributed by atoms with Crippen molar-refractivity contribution in [2.75, 3.05) is 0 Å². The Morgan fingerprint density at radius 1 is 0.351 bits per heavy atom. The molecule has 0 N–H and O–H groups in total. The number of fused-ring (bicyclic) bond motifs is 16. The number of para-hydroxylation sites is 6. The summed E-state index contributed by atoms with van der Waals surface area (Å²) in [5.74, 6) is 0. The van der Waals surface area contributed by atoms with E-state index in [1.165, 1.54) is 26.6 Å². The Labute approximate surface area is 448 Å². The van der Waals surface area contributed by atoms with Gasteiger partial charge in [-0.2, -0.15) is 10.5 Å². The number of rotatable bonds is 4. The first-order valence-corrected chi connectivity index (χ1v) is 27.2. The molecule has 6 nitrogen and oxygen atoms in total. The van der Waals surface area contributed by atoms with Gasteiger partial charge in [0.25, 0.3) is 0 Å². The van der Waals surface area contributed by atoms with E-state index in [2.05, 4.69) is 266 Å². The summed E-state index contributed by atoms with van der Waals surface area (Å²) in [6.07, 6.45) is 0. The van der Waals surface area contributed by atoms with Crippen LogP contribution in [0.25, 0.3) is 130 Å². The lowest BCUT2D eigenvalue weighted by molar-refractivity contribution is 0.591. The second kappa shape index (κ2) is 16.1. The van der Waals surface area contributed by atoms with Gasteiger partial charge < -0.3 is 18.3 Å². The third-order valence-corrected chi connectivity index (χ3v) is 17.5. The van der Waals surface area contributed by atoms with Crippen LogP contribution in [0.5, 0.6) is 0 Å². The van der Waals surface area contributed by atoms with Crippen molar-refractivity contribution in [2.24, 2.45) is 0 Å². The molecule has 77 heavy (non-hydrogen) atoms. The van der Waals surface area contributed by atoms with Crippen LogP contribution in [0.2, 0.25) is 0 Å². The van der Waals surface area contributed by atoms with Crippen LogP contribution in [0.15, 0.2) is 194 Å². The van der Waals surface area contributed by atoms with Crippen molar-refractivity contribution in [1.29, 1.82) is 10.5 Å². The van der Waals surface area contributed by atoms with Crippen LogP contribution < -0.4 is 0 Å². The molecule has 0 radical (unpaired) electrons. The highest BCUT2D eigenvalue weighted by Crippen LogP contribution is 2.52. The fraction of sp³-hybridized carbons (Fsp3) is 0.114. The van der Waals surface area contributed by atoms with Crippen molar-refractivity contribution >= 4 is 119 Å². The Balaban J connectivity index is 1.29. The molecule has 0 bridgehead atoms. The molecular weight excluding hydrogens is 957 g/mol. The zero-order chi connectivity index (χ0) is 52.2. The Kier molecular flexibility index (Phi) is 9.39. The lowest BCUT2D eigenvalue weighted by atomic mass is 9.82. The van der Waals surface area contributed by atoms with Crippen molar-refractivity contribution in [3.05, 3.63) is 216 Å². The number of hydrogen-bond donors (Lipinski definition) is 0. The third-order valence-electron chi connectivity index (χ3n) is 16.3. The zero-order valence-electron chi connectivity index (χ0n) is 43.6. The maximum absolute atomic E-state index is 12.9. The quantitative estimate of drug-likeness (QED) is 0.176. The summed E-state index contributed by atoms with van der Waals surface area (Å²) in [6.45, 7) is 13.8. The normalized spacial score (nSPS) is 12.5. The van der Waals surface area contributed by atoms with Crippen molar-refractivity contribution in [2.45, 2.75) is 52.4 Å². The van der Waals surface area contributed by atoms with Crippen LogP contribution in [-0.2, 0) is 10.8 Å². The lowest BCUT2D eigenvalue weighted by Gasteiger charge is -2.27. The maximum atomic E-state index is 12.9. The summed E-state index contributed by atoms with van der Waals surface area (Å²) in [5, 5.41) is 36.6. The van der Waals surface area contributed by atoms with E-state index in [-0.39, 0.29) is 10.8 Å². The van der Waals surface area contributed by atoms with Crippen LogP contribution in [0.3, 0.4) is 0 Å². The van der Waals surface area contributed by atoms with Gasteiger partial charge in [-0.15, -0.1) is 11.3 Å². The summed E-state index contributed by atoms with van der Waals surface area (Å²) in [6, 6.07) is 75.1. The minimum atomic E-state index is -0.222. The molecule has 0 amide bonds. The molecule has 15 rings (SSSR count). The van der Waals surface area contributed by atoms with E-state index in [0.717, 1.165) is 91.9 Å².